The van der Waals surface area contributed by atoms with Gasteiger partial charge < -0.3 is 41.0 Å². The number of rotatable bonds is 9. The molecule has 1 amide bonds. The number of phenolic OH excluding ortho intramolecular Hbond substituents is 1. The molecule has 0 radical (unpaired) electrons. The molecule has 0 bridgehead atoms. The maximum atomic E-state index is 14.1. The predicted octanol–water partition coefficient (Wildman–Crippen LogP) is 1.29. The highest BCUT2D eigenvalue weighted by Crippen LogP contribution is 2.54. The minimum absolute atomic E-state index is 0.0105. The summed E-state index contributed by atoms with van der Waals surface area (Å²) >= 11 is 0. The van der Waals surface area contributed by atoms with E-state index in [1.165, 1.54) is 18.1 Å². The number of benzene rings is 2. The van der Waals surface area contributed by atoms with Gasteiger partial charge in [-0.3, -0.25) is 24.1 Å². The van der Waals surface area contributed by atoms with Crippen LogP contribution >= 0.6 is 0 Å². The summed E-state index contributed by atoms with van der Waals surface area (Å²) in [6.07, 6.45) is 0.0859. The Morgan fingerprint density at radius 2 is 1.83 bits per heavy atom. The number of amides is 1. The zero-order chi connectivity index (χ0) is 33.7. The zero-order valence-electron chi connectivity index (χ0n) is 25.9. The molecule has 0 spiro atoms. The number of esters is 1. The fraction of sp³-hybridized carbons (Fsp3) is 0.394. The number of likely N-dealkylation sites (N-methyl/N-ethyl adjacent to an activating group) is 1. The number of aliphatic hydroxyl groups excluding tert-OH is 2. The van der Waals surface area contributed by atoms with Gasteiger partial charge in [0, 0.05) is 23.6 Å². The molecule has 5 rings (SSSR count). The van der Waals surface area contributed by atoms with Crippen molar-refractivity contribution in [3.63, 3.8) is 0 Å². The van der Waals surface area contributed by atoms with Crippen molar-refractivity contribution in [1.29, 1.82) is 0 Å². The van der Waals surface area contributed by atoms with E-state index in [1.807, 2.05) is 12.1 Å². The summed E-state index contributed by atoms with van der Waals surface area (Å²) in [5, 5.41) is 48.4. The summed E-state index contributed by atoms with van der Waals surface area (Å²) in [5.74, 6) is -7.05. The molecular weight excluding hydrogens is 598 g/mol. The first kappa shape index (κ1) is 32.7. The first-order valence-electron chi connectivity index (χ1n) is 14.8. The second-order valence-electron chi connectivity index (χ2n) is 11.9. The molecule has 0 aliphatic heterocycles. The van der Waals surface area contributed by atoms with E-state index in [9.17, 15) is 39.6 Å². The van der Waals surface area contributed by atoms with Crippen molar-refractivity contribution < 1.29 is 49.1 Å². The Bertz CT molecular complexity index is 1710. The molecule has 1 fully saturated rings. The number of aromatic hydroxyl groups is 1. The molecule has 0 unspecified atom stereocenters. The number of carbonyl (C=O) groups is 4. The van der Waals surface area contributed by atoms with Gasteiger partial charge in [-0.25, -0.2) is 0 Å². The minimum Gasteiger partial charge on any atom is -0.508 e. The molecule has 13 nitrogen and oxygen atoms in total. The number of ether oxygens (including phenoxy) is 2. The fourth-order valence-electron chi connectivity index (χ4n) is 7.09. The number of nitrogens with one attached hydrogen (secondary N) is 1. The third kappa shape index (κ3) is 5.10. The van der Waals surface area contributed by atoms with Gasteiger partial charge in [0.15, 0.2) is 11.4 Å². The highest BCUT2D eigenvalue weighted by molar-refractivity contribution is 6.24. The Morgan fingerprint density at radius 3 is 2.46 bits per heavy atom. The molecule has 46 heavy (non-hydrogen) atoms. The van der Waals surface area contributed by atoms with Crippen molar-refractivity contribution >= 4 is 29.2 Å². The Morgan fingerprint density at radius 1 is 1.11 bits per heavy atom. The number of nitrogens with two attached hydrogens (primary N) is 1. The van der Waals surface area contributed by atoms with Crippen molar-refractivity contribution in [1.82, 2.24) is 10.2 Å². The van der Waals surface area contributed by atoms with Gasteiger partial charge in [-0.1, -0.05) is 12.1 Å². The summed E-state index contributed by atoms with van der Waals surface area (Å²) < 4.78 is 10.6. The Hall–Kier alpha value is -4.72. The van der Waals surface area contributed by atoms with E-state index in [-0.39, 0.29) is 48.8 Å². The van der Waals surface area contributed by atoms with Crippen LogP contribution in [-0.2, 0) is 36.9 Å². The lowest BCUT2D eigenvalue weighted by Gasteiger charge is -2.50. The molecule has 0 heterocycles. The van der Waals surface area contributed by atoms with Gasteiger partial charge in [0.2, 0.25) is 5.78 Å². The quantitative estimate of drug-likeness (QED) is 0.170. The lowest BCUT2D eigenvalue weighted by atomic mass is 9.57. The van der Waals surface area contributed by atoms with Crippen LogP contribution < -0.4 is 15.8 Å². The van der Waals surface area contributed by atoms with Gasteiger partial charge in [-0.15, -0.1) is 0 Å². The van der Waals surface area contributed by atoms with E-state index in [4.69, 9.17) is 15.2 Å². The van der Waals surface area contributed by atoms with E-state index < -0.39 is 58.0 Å². The van der Waals surface area contributed by atoms with Crippen molar-refractivity contribution in [3.8, 4) is 22.6 Å². The van der Waals surface area contributed by atoms with Crippen LogP contribution in [0.1, 0.15) is 30.0 Å². The van der Waals surface area contributed by atoms with Crippen molar-refractivity contribution in [3.05, 3.63) is 63.9 Å². The van der Waals surface area contributed by atoms with E-state index in [1.54, 1.807) is 33.2 Å². The number of phenols is 1. The molecule has 0 saturated heterocycles. The van der Waals surface area contributed by atoms with Gasteiger partial charge in [-0.05, 0) is 74.7 Å². The number of nitrogens with zero attached hydrogens (tertiary/aromatic N) is 1. The lowest BCUT2D eigenvalue weighted by molar-refractivity contribution is -0.153. The molecule has 2 aromatic rings. The molecule has 3 aliphatic rings. The van der Waals surface area contributed by atoms with Crippen LogP contribution in [-0.4, -0.2) is 94.8 Å². The van der Waals surface area contributed by atoms with Crippen molar-refractivity contribution in [2.75, 3.05) is 34.4 Å². The number of fused-ring (bicyclic) bond motifs is 3. The number of Topliss-reactive ketones (excluding diaryl/α,β-unsaturated/α-hetero) is 2. The van der Waals surface area contributed by atoms with Gasteiger partial charge in [0.1, 0.15) is 28.6 Å². The van der Waals surface area contributed by atoms with Crippen LogP contribution in [0, 0.1) is 11.8 Å². The Balaban J connectivity index is 1.63. The molecule has 3 aliphatic carbocycles. The van der Waals surface area contributed by atoms with Crippen LogP contribution in [0.5, 0.6) is 11.5 Å². The SMILES string of the molecule is CCOC(=O)CNCc1ccc(OC)c(-c2ccc(O)c3c2C[C@@H]2C[C@H]4[C@@H](N(C)C)C(=O)C(C(N)=O)=C(O)[C@@]4(O)C(=O)C2=C3O)c1. The van der Waals surface area contributed by atoms with Crippen LogP contribution in [0.25, 0.3) is 16.9 Å². The summed E-state index contributed by atoms with van der Waals surface area (Å²) in [5.41, 5.74) is 4.07. The standard InChI is InChI=1S/C33H37N3O10/c1-5-46-23(38)14-35-13-15-6-9-22(45-4)18(10-15)17-7-8-21(37)25-19(17)11-16-12-20-27(36(2)3)29(40)26(32(34)43)31(42)33(20,44)30(41)24(16)28(25)39/h6-10,16,20,27,35,37,39,42,44H,5,11-14H2,1-4H3,(H2,34,43)/t16-,20+,27-,33+/m1/s1. The van der Waals surface area contributed by atoms with E-state index in [2.05, 4.69) is 5.32 Å². The van der Waals surface area contributed by atoms with Gasteiger partial charge >= 0.3 is 5.97 Å². The highest BCUT2D eigenvalue weighted by Gasteiger charge is 2.64. The number of primary amides is 1. The normalized spacial score (nSPS) is 24.0. The number of methoxy groups -OCH3 is 1. The number of ketones is 2. The average molecular weight is 636 g/mol. The largest absolute Gasteiger partial charge is 0.508 e. The van der Waals surface area contributed by atoms with Crippen molar-refractivity contribution in [2.45, 2.75) is 38.0 Å². The molecule has 2 aromatic carbocycles. The smallest absolute Gasteiger partial charge is 0.319 e. The van der Waals surface area contributed by atoms with Crippen LogP contribution in [0.2, 0.25) is 0 Å². The lowest BCUT2D eigenvalue weighted by Crippen LogP contribution is -2.65. The van der Waals surface area contributed by atoms with Gasteiger partial charge in [0.25, 0.3) is 5.91 Å². The highest BCUT2D eigenvalue weighted by atomic mass is 16.5. The second kappa shape index (κ2) is 12.2. The molecule has 7 N–H and O–H groups in total. The molecule has 1 saturated carbocycles. The first-order chi connectivity index (χ1) is 21.8. The summed E-state index contributed by atoms with van der Waals surface area (Å²) in [6, 6.07) is 7.28. The molecule has 244 valence electrons. The average Bonchev–Trinajstić information content (AvgIpc) is 2.99. The Kier molecular flexibility index (Phi) is 8.69. The molecule has 4 atom stereocenters. The number of hydrogen-bond acceptors (Lipinski definition) is 12. The van der Waals surface area contributed by atoms with E-state index in [0.717, 1.165) is 5.56 Å². The summed E-state index contributed by atoms with van der Waals surface area (Å²) in [6.45, 7) is 2.33. The van der Waals surface area contributed by atoms with Crippen LogP contribution in [0.3, 0.4) is 0 Å². The van der Waals surface area contributed by atoms with Crippen LogP contribution in [0.15, 0.2) is 47.2 Å². The van der Waals surface area contributed by atoms with E-state index in [0.29, 0.717) is 29.0 Å². The number of hydrogen-bond donors (Lipinski definition) is 6. The van der Waals surface area contributed by atoms with Crippen LogP contribution in [0.4, 0.5) is 0 Å². The third-order valence-corrected chi connectivity index (χ3v) is 9.06. The topological polar surface area (TPSA) is 209 Å². The monoisotopic (exact) mass is 635 g/mol. The van der Waals surface area contributed by atoms with E-state index >= 15 is 0 Å². The predicted molar refractivity (Wildman–Crippen MR) is 165 cm³/mol. The van der Waals surface area contributed by atoms with Gasteiger partial charge in [-0.2, -0.15) is 0 Å². The summed E-state index contributed by atoms with van der Waals surface area (Å²) in [4.78, 5) is 52.9. The molecule has 13 heteroatoms. The van der Waals surface area contributed by atoms with Crippen molar-refractivity contribution in [2.24, 2.45) is 17.6 Å². The summed E-state index contributed by atoms with van der Waals surface area (Å²) in [7, 11) is 4.59. The zero-order valence-corrected chi connectivity index (χ0v) is 25.9. The Labute approximate surface area is 264 Å². The third-order valence-electron chi connectivity index (χ3n) is 9.06. The first-order valence-corrected chi connectivity index (χ1v) is 14.8. The number of carbonyl (C=O) groups excluding carboxylic acids is 4. The maximum absolute atomic E-state index is 14.1. The fourth-order valence-corrected chi connectivity index (χ4v) is 7.09. The van der Waals surface area contributed by atoms with Gasteiger partial charge in [0.05, 0.1) is 31.9 Å². The number of aliphatic hydroxyl groups is 3. The molecule has 0 aromatic heterocycles. The second-order valence-corrected chi connectivity index (χ2v) is 11.9. The maximum Gasteiger partial charge on any atom is 0.319 e. The minimum atomic E-state index is -2.72. The molecular formula is C33H37N3O10.